The van der Waals surface area contributed by atoms with E-state index in [0.29, 0.717) is 31.5 Å². The van der Waals surface area contributed by atoms with Crippen LogP contribution in [0.25, 0.3) is 0 Å². The molecule has 2 heterocycles. The Kier molecular flexibility index (Phi) is 4.85. The van der Waals surface area contributed by atoms with Crippen LogP contribution in [0.15, 0.2) is 59.3 Å². The van der Waals surface area contributed by atoms with Gasteiger partial charge in [0.15, 0.2) is 0 Å². The van der Waals surface area contributed by atoms with Gasteiger partial charge in [-0.25, -0.2) is 14.6 Å². The highest BCUT2D eigenvalue weighted by Gasteiger charge is 2.33. The number of phenolic OH excluding ortho intramolecular Hbond substituents is 1. The number of aromatic hydroxyl groups is 1. The number of rotatable bonds is 3. The molecule has 0 saturated carbocycles. The summed E-state index contributed by atoms with van der Waals surface area (Å²) >= 11 is 0. The van der Waals surface area contributed by atoms with Crippen molar-refractivity contribution in [1.82, 2.24) is 20.7 Å². The van der Waals surface area contributed by atoms with E-state index in [2.05, 4.69) is 10.7 Å². The minimum Gasteiger partial charge on any atom is -0.508 e. The molecule has 2 amide bonds. The minimum atomic E-state index is -0.169. The van der Waals surface area contributed by atoms with Crippen molar-refractivity contribution in [2.45, 2.75) is 32.2 Å². The molecule has 1 aromatic carbocycles. The van der Waals surface area contributed by atoms with Gasteiger partial charge in [0.2, 0.25) is 0 Å². The third-order valence-corrected chi connectivity index (χ3v) is 5.16. The number of benzene rings is 1. The second kappa shape index (κ2) is 7.44. The molecule has 0 bridgehead atoms. The summed E-state index contributed by atoms with van der Waals surface area (Å²) in [4.78, 5) is 14.5. The number of phenols is 1. The van der Waals surface area contributed by atoms with E-state index in [4.69, 9.17) is 0 Å². The summed E-state index contributed by atoms with van der Waals surface area (Å²) in [6, 6.07) is 6.81. The van der Waals surface area contributed by atoms with Crippen LogP contribution in [-0.2, 0) is 6.54 Å². The molecule has 2 aliphatic heterocycles. The van der Waals surface area contributed by atoms with Gasteiger partial charge in [-0.05, 0) is 37.5 Å². The smallest absolute Gasteiger partial charge is 0.321 e. The Morgan fingerprint density at radius 3 is 2.81 bits per heavy atom. The molecule has 1 aliphatic carbocycles. The molecule has 4 rings (SSSR count). The van der Waals surface area contributed by atoms with Gasteiger partial charge in [0.1, 0.15) is 11.6 Å². The fourth-order valence-corrected chi connectivity index (χ4v) is 3.74. The molecule has 6 nitrogen and oxygen atoms in total. The van der Waals surface area contributed by atoms with E-state index in [-0.39, 0.29) is 24.2 Å². The number of urea groups is 1. The second-order valence-electron chi connectivity index (χ2n) is 6.88. The molecule has 7 heteroatoms. The quantitative estimate of drug-likeness (QED) is 0.764. The molecule has 0 spiro atoms. The van der Waals surface area contributed by atoms with Gasteiger partial charge in [0.05, 0.1) is 17.9 Å². The first-order chi connectivity index (χ1) is 13.1. The van der Waals surface area contributed by atoms with E-state index in [1.54, 1.807) is 29.2 Å². The van der Waals surface area contributed by atoms with Crippen LogP contribution in [0, 0.1) is 0 Å². The van der Waals surface area contributed by atoms with Gasteiger partial charge in [0, 0.05) is 30.8 Å². The average molecular weight is 370 g/mol. The van der Waals surface area contributed by atoms with Crippen molar-refractivity contribution in [3.05, 3.63) is 64.9 Å². The first-order valence-corrected chi connectivity index (χ1v) is 9.26. The molecule has 0 atom stereocenters. The summed E-state index contributed by atoms with van der Waals surface area (Å²) in [5, 5.41) is 14.8. The van der Waals surface area contributed by atoms with E-state index in [0.717, 1.165) is 29.9 Å². The molecule has 0 saturated heterocycles. The lowest BCUT2D eigenvalue weighted by Gasteiger charge is -2.31. The Morgan fingerprint density at radius 1 is 1.19 bits per heavy atom. The Morgan fingerprint density at radius 2 is 2.04 bits per heavy atom. The topological polar surface area (TPSA) is 67.8 Å². The van der Waals surface area contributed by atoms with Gasteiger partial charge in [-0.1, -0.05) is 18.2 Å². The molecule has 0 radical (unpaired) electrons. The SMILES string of the molecule is O=C(NCc1ccccc1O)N1CCCC2=C1CNN2C1=CC=C(F)CC1. The second-order valence-corrected chi connectivity index (χ2v) is 6.88. The Bertz CT molecular complexity index is 846. The predicted octanol–water partition coefficient (Wildman–Crippen LogP) is 3.26. The van der Waals surface area contributed by atoms with Gasteiger partial charge in [-0.2, -0.15) is 0 Å². The van der Waals surface area contributed by atoms with Crippen LogP contribution in [0.1, 0.15) is 31.2 Å². The zero-order valence-corrected chi connectivity index (χ0v) is 15.0. The molecule has 3 aliphatic rings. The largest absolute Gasteiger partial charge is 0.508 e. The Hall–Kier alpha value is -2.80. The van der Waals surface area contributed by atoms with Crippen molar-refractivity contribution in [3.8, 4) is 5.75 Å². The molecule has 27 heavy (non-hydrogen) atoms. The van der Waals surface area contributed by atoms with Crippen molar-refractivity contribution in [1.29, 1.82) is 0 Å². The van der Waals surface area contributed by atoms with Gasteiger partial charge in [0.25, 0.3) is 0 Å². The summed E-state index contributed by atoms with van der Waals surface area (Å²) in [6.45, 7) is 1.51. The number of amides is 2. The predicted molar refractivity (Wildman–Crippen MR) is 99.7 cm³/mol. The van der Waals surface area contributed by atoms with Crippen LogP contribution in [0.5, 0.6) is 5.75 Å². The number of hydrazine groups is 1. The molecule has 0 unspecified atom stereocenters. The maximum Gasteiger partial charge on any atom is 0.321 e. The number of allylic oxidation sites excluding steroid dienone is 5. The van der Waals surface area contributed by atoms with Crippen molar-refractivity contribution in [2.75, 3.05) is 13.1 Å². The van der Waals surface area contributed by atoms with Crippen LogP contribution in [-0.4, -0.2) is 34.1 Å². The molecule has 0 fully saturated rings. The van der Waals surface area contributed by atoms with Crippen molar-refractivity contribution in [3.63, 3.8) is 0 Å². The van der Waals surface area contributed by atoms with Gasteiger partial charge in [-0.3, -0.25) is 9.91 Å². The minimum absolute atomic E-state index is 0.0963. The summed E-state index contributed by atoms with van der Waals surface area (Å²) < 4.78 is 13.3. The van der Waals surface area contributed by atoms with Crippen LogP contribution < -0.4 is 10.7 Å². The van der Waals surface area contributed by atoms with Crippen molar-refractivity contribution in [2.24, 2.45) is 0 Å². The highest BCUT2D eigenvalue weighted by Crippen LogP contribution is 2.33. The van der Waals surface area contributed by atoms with E-state index in [1.165, 1.54) is 6.08 Å². The molecule has 0 aromatic heterocycles. The van der Waals surface area contributed by atoms with Crippen molar-refractivity contribution >= 4 is 6.03 Å². The third kappa shape index (κ3) is 3.55. The fourth-order valence-electron chi connectivity index (χ4n) is 3.74. The lowest BCUT2D eigenvalue weighted by molar-refractivity contribution is 0.206. The normalized spacial score (nSPS) is 19.6. The number of nitrogens with one attached hydrogen (secondary N) is 2. The zero-order valence-electron chi connectivity index (χ0n) is 15.0. The van der Waals surface area contributed by atoms with Gasteiger partial charge >= 0.3 is 6.03 Å². The van der Waals surface area contributed by atoms with Crippen LogP contribution >= 0.6 is 0 Å². The van der Waals surface area contributed by atoms with Crippen LogP contribution in [0.4, 0.5) is 9.18 Å². The fraction of sp³-hybridized carbons (Fsp3) is 0.350. The van der Waals surface area contributed by atoms with Gasteiger partial charge in [-0.15, -0.1) is 0 Å². The Balaban J connectivity index is 1.47. The summed E-state index contributed by atoms with van der Waals surface area (Å²) in [6.07, 6.45) is 6.13. The molecular weight excluding hydrogens is 347 g/mol. The van der Waals surface area contributed by atoms with E-state index in [1.807, 2.05) is 11.1 Å². The maximum absolute atomic E-state index is 13.3. The van der Waals surface area contributed by atoms with Crippen LogP contribution in [0.3, 0.4) is 0 Å². The molecule has 3 N–H and O–H groups in total. The number of hydrogen-bond acceptors (Lipinski definition) is 4. The maximum atomic E-state index is 13.3. The monoisotopic (exact) mass is 370 g/mol. The van der Waals surface area contributed by atoms with Gasteiger partial charge < -0.3 is 10.4 Å². The number of nitrogens with zero attached hydrogens (tertiary/aromatic N) is 2. The highest BCUT2D eigenvalue weighted by atomic mass is 19.1. The highest BCUT2D eigenvalue weighted by molar-refractivity contribution is 5.77. The molecular formula is C20H23FN4O2. The molecule has 142 valence electrons. The van der Waals surface area contributed by atoms with Crippen molar-refractivity contribution < 1.29 is 14.3 Å². The standard InChI is InChI=1S/C20H23FN4O2/c21-15-7-9-16(10-8-15)25-17-5-3-11-24(18(17)13-23-25)20(27)22-12-14-4-1-2-6-19(14)26/h1-2,4,6-7,9,23,26H,3,5,8,10-13H2,(H,22,27). The first kappa shape index (κ1) is 17.6. The summed E-state index contributed by atoms with van der Waals surface area (Å²) in [7, 11) is 0. The van der Waals surface area contributed by atoms with E-state index < -0.39 is 0 Å². The molecule has 1 aromatic rings. The summed E-state index contributed by atoms with van der Waals surface area (Å²) in [5.74, 6) is 0.0792. The zero-order chi connectivity index (χ0) is 18.8. The van der Waals surface area contributed by atoms with Crippen LogP contribution in [0.2, 0.25) is 0 Å². The van der Waals surface area contributed by atoms with E-state index in [9.17, 15) is 14.3 Å². The first-order valence-electron chi connectivity index (χ1n) is 9.26. The van der Waals surface area contributed by atoms with E-state index >= 15 is 0 Å². The Labute approximate surface area is 157 Å². The third-order valence-electron chi connectivity index (χ3n) is 5.16. The number of halogens is 1. The number of carbonyl (C=O) groups is 1. The lowest BCUT2D eigenvalue weighted by Crippen LogP contribution is -2.42. The summed E-state index contributed by atoms with van der Waals surface area (Å²) in [5.41, 5.74) is 7.09. The average Bonchev–Trinajstić information content (AvgIpc) is 3.12. The number of hydrogen-bond donors (Lipinski definition) is 3. The number of carbonyl (C=O) groups excluding carboxylic acids is 1. The lowest BCUT2D eigenvalue weighted by atomic mass is 10.1. The number of para-hydroxylation sites is 1.